The first-order valence-corrected chi connectivity index (χ1v) is 11.9. The van der Waals surface area contributed by atoms with Crippen molar-refractivity contribution in [1.82, 2.24) is 9.97 Å². The van der Waals surface area contributed by atoms with Gasteiger partial charge in [-0.25, -0.2) is 0 Å². The molecule has 5 rings (SSSR count). The van der Waals surface area contributed by atoms with Gasteiger partial charge in [-0.3, -0.25) is 9.97 Å². The van der Waals surface area contributed by atoms with Crippen LogP contribution in [0.25, 0.3) is 24.3 Å². The van der Waals surface area contributed by atoms with Gasteiger partial charge in [-0.1, -0.05) is 36.4 Å². The maximum atomic E-state index is 5.43. The predicted octanol–water partition coefficient (Wildman–Crippen LogP) is 4.49. The van der Waals surface area contributed by atoms with Gasteiger partial charge in [0.15, 0.2) is 0 Å². The van der Waals surface area contributed by atoms with Crippen molar-refractivity contribution in [3.8, 4) is 0 Å². The van der Waals surface area contributed by atoms with E-state index in [1.165, 1.54) is 11.4 Å². The molecule has 3 heterocycles. The Morgan fingerprint density at radius 1 is 0.529 bits per heavy atom. The Kier molecular flexibility index (Phi) is 7.28. The van der Waals surface area contributed by atoms with E-state index in [2.05, 4.69) is 80.5 Å². The van der Waals surface area contributed by atoms with Gasteiger partial charge in [0.1, 0.15) is 0 Å². The number of anilines is 2. The minimum atomic E-state index is 0.798. The van der Waals surface area contributed by atoms with Crippen molar-refractivity contribution in [1.29, 1.82) is 0 Å². The van der Waals surface area contributed by atoms with E-state index in [9.17, 15) is 0 Å². The van der Waals surface area contributed by atoms with Gasteiger partial charge in [-0.05, 0) is 47.5 Å². The van der Waals surface area contributed by atoms with Gasteiger partial charge >= 0.3 is 0 Å². The fourth-order valence-corrected chi connectivity index (χ4v) is 4.12. The van der Waals surface area contributed by atoms with Gasteiger partial charge in [-0.2, -0.15) is 0 Å². The number of ether oxygens (including phenoxy) is 2. The predicted molar refractivity (Wildman–Crippen MR) is 139 cm³/mol. The molecule has 174 valence electrons. The van der Waals surface area contributed by atoms with Crippen molar-refractivity contribution in [2.24, 2.45) is 0 Å². The lowest BCUT2D eigenvalue weighted by molar-refractivity contribution is 0.122. The quantitative estimate of drug-likeness (QED) is 0.547. The summed E-state index contributed by atoms with van der Waals surface area (Å²) < 4.78 is 10.9. The maximum absolute atomic E-state index is 5.43. The summed E-state index contributed by atoms with van der Waals surface area (Å²) in [7, 11) is 0. The fraction of sp³-hybridized carbons (Fsp3) is 0.286. The molecule has 0 saturated carbocycles. The first-order valence-electron chi connectivity index (χ1n) is 11.9. The molecule has 0 spiro atoms. The molecule has 6 heteroatoms. The highest BCUT2D eigenvalue weighted by Gasteiger charge is 2.11. The van der Waals surface area contributed by atoms with Crippen LogP contribution >= 0.6 is 0 Å². The second kappa shape index (κ2) is 11.1. The van der Waals surface area contributed by atoms with Crippen LogP contribution in [-0.2, 0) is 9.47 Å². The van der Waals surface area contributed by atoms with Gasteiger partial charge in [0.05, 0.1) is 50.2 Å². The highest BCUT2D eigenvalue weighted by Crippen LogP contribution is 2.19. The van der Waals surface area contributed by atoms with Gasteiger partial charge in [0.25, 0.3) is 0 Å². The lowest BCUT2D eigenvalue weighted by Crippen LogP contribution is -2.36. The number of hydrogen-bond donors (Lipinski definition) is 0. The molecule has 0 unspecified atom stereocenters. The summed E-state index contributed by atoms with van der Waals surface area (Å²) in [6, 6.07) is 17.2. The topological polar surface area (TPSA) is 50.7 Å². The Bertz CT molecular complexity index is 1010. The molecule has 3 aromatic rings. The normalized spacial score (nSPS) is 17.1. The fourth-order valence-electron chi connectivity index (χ4n) is 4.12. The van der Waals surface area contributed by atoms with Crippen molar-refractivity contribution in [2.75, 3.05) is 62.4 Å². The number of benzene rings is 2. The monoisotopic (exact) mass is 454 g/mol. The summed E-state index contributed by atoms with van der Waals surface area (Å²) in [5.74, 6) is 0. The zero-order valence-corrected chi connectivity index (χ0v) is 19.3. The third-order valence-corrected chi connectivity index (χ3v) is 6.12. The Morgan fingerprint density at radius 2 is 0.912 bits per heavy atom. The first kappa shape index (κ1) is 22.3. The third kappa shape index (κ3) is 5.90. The largest absolute Gasteiger partial charge is 0.378 e. The second-order valence-corrected chi connectivity index (χ2v) is 8.41. The molecule has 2 saturated heterocycles. The second-order valence-electron chi connectivity index (χ2n) is 8.41. The molecule has 0 N–H and O–H groups in total. The van der Waals surface area contributed by atoms with E-state index in [-0.39, 0.29) is 0 Å². The summed E-state index contributed by atoms with van der Waals surface area (Å²) in [6.07, 6.45) is 11.7. The zero-order chi connectivity index (χ0) is 23.0. The SMILES string of the molecule is C(=C\c1cnc(/C=C/c2ccc(N3CCOCC3)cc2)cn1)/c1ccc(N2CCOCC2)cc1. The van der Waals surface area contributed by atoms with Gasteiger partial charge < -0.3 is 19.3 Å². The van der Waals surface area contributed by atoms with Gasteiger partial charge in [0.2, 0.25) is 0 Å². The lowest BCUT2D eigenvalue weighted by Gasteiger charge is -2.28. The van der Waals surface area contributed by atoms with E-state index >= 15 is 0 Å². The number of hydrogen-bond acceptors (Lipinski definition) is 6. The molecule has 6 nitrogen and oxygen atoms in total. The average Bonchev–Trinajstić information content (AvgIpc) is 2.93. The molecule has 0 aliphatic carbocycles. The third-order valence-electron chi connectivity index (χ3n) is 6.12. The minimum Gasteiger partial charge on any atom is -0.378 e. The molecule has 1 aromatic heterocycles. The zero-order valence-electron chi connectivity index (χ0n) is 19.3. The van der Waals surface area contributed by atoms with Gasteiger partial charge in [-0.15, -0.1) is 0 Å². The maximum Gasteiger partial charge on any atom is 0.0813 e. The van der Waals surface area contributed by atoms with Crippen LogP contribution in [0.3, 0.4) is 0 Å². The summed E-state index contributed by atoms with van der Waals surface area (Å²) in [4.78, 5) is 13.8. The number of aromatic nitrogens is 2. The molecule has 2 aliphatic heterocycles. The van der Waals surface area contributed by atoms with E-state index in [0.29, 0.717) is 0 Å². The highest BCUT2D eigenvalue weighted by atomic mass is 16.5. The average molecular weight is 455 g/mol. The minimum absolute atomic E-state index is 0.798. The lowest BCUT2D eigenvalue weighted by atomic mass is 10.1. The Balaban J connectivity index is 1.16. The van der Waals surface area contributed by atoms with Crippen molar-refractivity contribution >= 4 is 35.7 Å². The molecule has 0 amide bonds. The summed E-state index contributed by atoms with van der Waals surface area (Å²) in [5.41, 5.74) is 6.44. The van der Waals surface area contributed by atoms with E-state index < -0.39 is 0 Å². The molecule has 0 atom stereocenters. The molecular formula is C28H30N4O2. The van der Waals surface area contributed by atoms with Crippen molar-refractivity contribution < 1.29 is 9.47 Å². The van der Waals surface area contributed by atoms with Crippen molar-refractivity contribution in [2.45, 2.75) is 0 Å². The molecule has 34 heavy (non-hydrogen) atoms. The van der Waals surface area contributed by atoms with E-state index in [0.717, 1.165) is 75.1 Å². The van der Waals surface area contributed by atoms with Crippen LogP contribution in [0.1, 0.15) is 22.5 Å². The summed E-state index contributed by atoms with van der Waals surface area (Å²) in [5, 5.41) is 0. The van der Waals surface area contributed by atoms with Crippen LogP contribution in [0.5, 0.6) is 0 Å². The first-order chi connectivity index (χ1) is 16.8. The van der Waals surface area contributed by atoms with Crippen molar-refractivity contribution in [3.05, 3.63) is 83.4 Å². The molecular weight excluding hydrogens is 424 g/mol. The van der Waals surface area contributed by atoms with Crippen LogP contribution < -0.4 is 9.80 Å². The number of morpholine rings is 2. The van der Waals surface area contributed by atoms with E-state index in [4.69, 9.17) is 9.47 Å². The van der Waals surface area contributed by atoms with Crippen LogP contribution in [-0.4, -0.2) is 62.6 Å². The molecule has 2 aliphatic rings. The summed E-state index contributed by atoms with van der Waals surface area (Å²) in [6.45, 7) is 6.99. The van der Waals surface area contributed by atoms with Crippen molar-refractivity contribution in [3.63, 3.8) is 0 Å². The Hall–Kier alpha value is -3.48. The number of rotatable bonds is 6. The van der Waals surface area contributed by atoms with Gasteiger partial charge in [0, 0.05) is 37.6 Å². The van der Waals surface area contributed by atoms with Crippen LogP contribution in [0, 0.1) is 0 Å². The van der Waals surface area contributed by atoms with E-state index in [1.807, 2.05) is 12.2 Å². The van der Waals surface area contributed by atoms with E-state index in [1.54, 1.807) is 12.4 Å². The van der Waals surface area contributed by atoms with Crippen LogP contribution in [0.2, 0.25) is 0 Å². The molecule has 0 bridgehead atoms. The number of nitrogens with zero attached hydrogens (tertiary/aromatic N) is 4. The molecule has 0 radical (unpaired) electrons. The van der Waals surface area contributed by atoms with Crippen LogP contribution in [0.4, 0.5) is 11.4 Å². The van der Waals surface area contributed by atoms with Crippen LogP contribution in [0.15, 0.2) is 60.9 Å². The summed E-state index contributed by atoms with van der Waals surface area (Å²) >= 11 is 0. The standard InChI is InChI=1S/C28H30N4O2/c1(23-3-9-27(10-4-23)31-13-17-33-18-14-31)7-25-21-30-26(22-29-25)8-2-24-5-11-28(12-6-24)32-15-19-34-20-16-32/h1-12,21-22H,13-20H2/b7-1+,8-2+. The molecule has 2 fully saturated rings. The smallest absolute Gasteiger partial charge is 0.0813 e. The Morgan fingerprint density at radius 3 is 1.26 bits per heavy atom. The highest BCUT2D eigenvalue weighted by molar-refractivity contribution is 5.71. The molecule has 2 aromatic carbocycles. The Labute approximate surface area is 201 Å².